The third kappa shape index (κ3) is 3.14. The van der Waals surface area contributed by atoms with Crippen LogP contribution in [0.2, 0.25) is 0 Å². The van der Waals surface area contributed by atoms with E-state index in [-0.39, 0.29) is 5.75 Å². The first-order valence-corrected chi connectivity index (χ1v) is 6.93. The molecule has 0 aliphatic rings. The molecule has 1 aromatic carbocycles. The van der Waals surface area contributed by atoms with Crippen LogP contribution in [-0.4, -0.2) is 16.6 Å². The normalized spacial score (nSPS) is 11.2. The Bertz CT molecular complexity index is 593. The Labute approximate surface area is 120 Å². The number of anilines is 1. The predicted molar refractivity (Wildman–Crippen MR) is 76.8 cm³/mol. The number of carbonyl (C=O) groups is 1. The molecule has 0 N–H and O–H groups in total. The van der Waals surface area contributed by atoms with Crippen molar-refractivity contribution >= 4 is 22.6 Å². The number of thiazole rings is 1. The summed E-state index contributed by atoms with van der Waals surface area (Å²) in [6, 6.07) is 5.80. The lowest BCUT2D eigenvalue weighted by atomic mass is 10.1. The molecule has 0 aliphatic heterocycles. The van der Waals surface area contributed by atoms with Gasteiger partial charge in [0.05, 0.1) is 0 Å². The Balaban J connectivity index is 2.27. The number of hydrogen-bond donors (Lipinski definition) is 0. The molecular weight excluding hydrogens is 279 g/mol. The van der Waals surface area contributed by atoms with Crippen LogP contribution in [0.3, 0.4) is 0 Å². The molecular formula is C14H15FN2O2S. The third-order valence-corrected chi connectivity index (χ3v) is 3.25. The highest BCUT2D eigenvalue weighted by Crippen LogP contribution is 2.27. The summed E-state index contributed by atoms with van der Waals surface area (Å²) in [5.74, 6) is -0.669. The zero-order valence-electron chi connectivity index (χ0n) is 11.5. The fourth-order valence-electron chi connectivity index (χ4n) is 1.63. The Morgan fingerprint density at radius 3 is 2.60 bits per heavy atom. The highest BCUT2D eigenvalue weighted by atomic mass is 32.1. The maximum absolute atomic E-state index is 13.5. The van der Waals surface area contributed by atoms with E-state index in [1.807, 2.05) is 20.8 Å². The maximum Gasteiger partial charge on any atom is 0.422 e. The molecule has 0 spiro atoms. The largest absolute Gasteiger partial charge is 0.422 e. The van der Waals surface area contributed by atoms with E-state index in [2.05, 4.69) is 4.98 Å². The molecule has 0 atom stereocenters. The minimum atomic E-state index is -0.655. The lowest BCUT2D eigenvalue weighted by molar-refractivity contribution is 0.199. The van der Waals surface area contributed by atoms with Crippen molar-refractivity contribution in [3.8, 4) is 5.75 Å². The second-order valence-corrected chi connectivity index (χ2v) is 5.99. The van der Waals surface area contributed by atoms with E-state index in [1.54, 1.807) is 17.6 Å². The minimum absolute atomic E-state index is 0.0942. The first-order valence-electron chi connectivity index (χ1n) is 6.05. The molecule has 1 aromatic heterocycles. The van der Waals surface area contributed by atoms with Gasteiger partial charge >= 0.3 is 6.09 Å². The molecule has 4 nitrogen and oxygen atoms in total. The van der Waals surface area contributed by atoms with Gasteiger partial charge in [-0.25, -0.2) is 19.1 Å². The number of carbonyl (C=O) groups excluding carboxylic acids is 1. The topological polar surface area (TPSA) is 42.4 Å². The van der Waals surface area contributed by atoms with Crippen LogP contribution in [0.15, 0.2) is 35.8 Å². The standard InChI is InChI=1S/C14H15FN2O2S/c1-14(2,3)17(12-16-8-9-20-12)13(18)19-11-7-5-4-6-10(11)15/h4-9H,1-3H3. The van der Waals surface area contributed by atoms with Gasteiger partial charge in [0.1, 0.15) is 0 Å². The molecule has 106 valence electrons. The lowest BCUT2D eigenvalue weighted by Crippen LogP contribution is -2.47. The van der Waals surface area contributed by atoms with E-state index >= 15 is 0 Å². The quantitative estimate of drug-likeness (QED) is 0.838. The highest BCUT2D eigenvalue weighted by Gasteiger charge is 2.32. The van der Waals surface area contributed by atoms with E-state index < -0.39 is 17.4 Å². The molecule has 0 saturated heterocycles. The first-order chi connectivity index (χ1) is 9.39. The average Bonchev–Trinajstić information content (AvgIpc) is 2.84. The number of hydrogen-bond acceptors (Lipinski definition) is 4. The summed E-state index contributed by atoms with van der Waals surface area (Å²) in [5.41, 5.74) is -0.528. The molecule has 0 radical (unpaired) electrons. The lowest BCUT2D eigenvalue weighted by Gasteiger charge is -2.32. The summed E-state index contributed by atoms with van der Waals surface area (Å²) in [6.07, 6.45) is 0.951. The van der Waals surface area contributed by atoms with E-state index in [1.165, 1.54) is 34.4 Å². The van der Waals surface area contributed by atoms with Gasteiger partial charge in [-0.3, -0.25) is 0 Å². The number of amides is 1. The van der Waals surface area contributed by atoms with Crippen LogP contribution in [0, 0.1) is 5.82 Å². The van der Waals surface area contributed by atoms with Crippen LogP contribution >= 0.6 is 11.3 Å². The molecule has 2 rings (SSSR count). The summed E-state index contributed by atoms with van der Waals surface area (Å²) >= 11 is 1.32. The Kier molecular flexibility index (Phi) is 4.04. The SMILES string of the molecule is CC(C)(C)N(C(=O)Oc1ccccc1F)c1nccs1. The Hall–Kier alpha value is -1.95. The van der Waals surface area contributed by atoms with Crippen LogP contribution < -0.4 is 9.64 Å². The fourth-order valence-corrected chi connectivity index (χ4v) is 2.45. The van der Waals surface area contributed by atoms with Crippen molar-refractivity contribution in [2.75, 3.05) is 4.90 Å². The number of benzene rings is 1. The van der Waals surface area contributed by atoms with Crippen molar-refractivity contribution in [2.24, 2.45) is 0 Å². The van der Waals surface area contributed by atoms with Gasteiger partial charge in [-0.2, -0.15) is 0 Å². The maximum atomic E-state index is 13.5. The Morgan fingerprint density at radius 1 is 1.35 bits per heavy atom. The van der Waals surface area contributed by atoms with Crippen molar-refractivity contribution in [3.63, 3.8) is 0 Å². The number of aromatic nitrogens is 1. The Morgan fingerprint density at radius 2 is 2.05 bits per heavy atom. The molecule has 0 bridgehead atoms. The van der Waals surface area contributed by atoms with E-state index in [4.69, 9.17) is 4.74 Å². The monoisotopic (exact) mass is 294 g/mol. The number of rotatable bonds is 2. The van der Waals surface area contributed by atoms with Gasteiger partial charge in [-0.05, 0) is 32.9 Å². The summed E-state index contributed by atoms with van der Waals surface area (Å²) in [5, 5.41) is 2.28. The van der Waals surface area contributed by atoms with Crippen molar-refractivity contribution in [1.29, 1.82) is 0 Å². The van der Waals surface area contributed by atoms with Gasteiger partial charge in [-0.15, -0.1) is 11.3 Å². The number of nitrogens with zero attached hydrogens (tertiary/aromatic N) is 2. The molecule has 1 amide bonds. The van der Waals surface area contributed by atoms with Gasteiger partial charge in [-0.1, -0.05) is 12.1 Å². The van der Waals surface area contributed by atoms with Crippen molar-refractivity contribution < 1.29 is 13.9 Å². The molecule has 1 heterocycles. The van der Waals surface area contributed by atoms with Crippen molar-refractivity contribution in [2.45, 2.75) is 26.3 Å². The first kappa shape index (κ1) is 14.5. The molecule has 0 aliphatic carbocycles. The van der Waals surface area contributed by atoms with Gasteiger partial charge in [0.2, 0.25) is 0 Å². The van der Waals surface area contributed by atoms with Gasteiger partial charge in [0, 0.05) is 17.1 Å². The second-order valence-electron chi connectivity index (χ2n) is 5.12. The van der Waals surface area contributed by atoms with Crippen LogP contribution in [0.1, 0.15) is 20.8 Å². The van der Waals surface area contributed by atoms with Crippen LogP contribution in [0.4, 0.5) is 14.3 Å². The second kappa shape index (κ2) is 5.58. The molecule has 6 heteroatoms. The molecule has 0 fully saturated rings. The van der Waals surface area contributed by atoms with Crippen molar-refractivity contribution in [3.05, 3.63) is 41.7 Å². The highest BCUT2D eigenvalue weighted by molar-refractivity contribution is 7.13. The summed E-state index contributed by atoms with van der Waals surface area (Å²) in [4.78, 5) is 17.8. The van der Waals surface area contributed by atoms with Gasteiger partial charge < -0.3 is 4.74 Å². The summed E-state index contributed by atoms with van der Waals surface area (Å²) in [7, 11) is 0. The zero-order chi connectivity index (χ0) is 14.8. The molecule has 2 aromatic rings. The third-order valence-electron chi connectivity index (χ3n) is 2.50. The van der Waals surface area contributed by atoms with E-state index in [0.29, 0.717) is 5.13 Å². The number of ether oxygens (including phenoxy) is 1. The van der Waals surface area contributed by atoms with Crippen LogP contribution in [0.25, 0.3) is 0 Å². The summed E-state index contributed by atoms with van der Waals surface area (Å²) in [6.45, 7) is 5.57. The van der Waals surface area contributed by atoms with E-state index in [9.17, 15) is 9.18 Å². The minimum Gasteiger partial charge on any atom is -0.407 e. The zero-order valence-corrected chi connectivity index (χ0v) is 12.3. The summed E-state index contributed by atoms with van der Waals surface area (Å²) < 4.78 is 18.7. The van der Waals surface area contributed by atoms with Crippen LogP contribution in [0.5, 0.6) is 5.75 Å². The van der Waals surface area contributed by atoms with Gasteiger partial charge in [0.25, 0.3) is 0 Å². The van der Waals surface area contributed by atoms with Crippen LogP contribution in [-0.2, 0) is 0 Å². The number of para-hydroxylation sites is 1. The number of halogens is 1. The van der Waals surface area contributed by atoms with E-state index in [0.717, 1.165) is 0 Å². The average molecular weight is 294 g/mol. The predicted octanol–water partition coefficient (Wildman–Crippen LogP) is 4.09. The van der Waals surface area contributed by atoms with Gasteiger partial charge in [0.15, 0.2) is 16.7 Å². The molecule has 0 unspecified atom stereocenters. The molecule has 0 saturated carbocycles. The fraction of sp³-hybridized carbons (Fsp3) is 0.286. The van der Waals surface area contributed by atoms with Crippen molar-refractivity contribution in [1.82, 2.24) is 4.98 Å². The molecule has 20 heavy (non-hydrogen) atoms. The smallest absolute Gasteiger partial charge is 0.407 e.